The first-order chi connectivity index (χ1) is 12.7. The van der Waals surface area contributed by atoms with Crippen molar-refractivity contribution in [3.8, 4) is 0 Å². The molecule has 7 nitrogen and oxygen atoms in total. The maximum atomic E-state index is 12.8. The normalized spacial score (nSPS) is 25.1. The molecule has 2 fully saturated rings. The van der Waals surface area contributed by atoms with Gasteiger partial charge in [-0.05, 0) is 25.5 Å². The van der Waals surface area contributed by atoms with Gasteiger partial charge in [-0.25, -0.2) is 0 Å². The van der Waals surface area contributed by atoms with Crippen LogP contribution in [0.3, 0.4) is 0 Å². The minimum Gasteiger partial charge on any atom is -0.451 e. The number of ether oxygens (including phenoxy) is 1. The van der Waals surface area contributed by atoms with Crippen LogP contribution in [0.4, 0.5) is 0 Å². The molecule has 0 bridgehead atoms. The highest BCUT2D eigenvalue weighted by Gasteiger charge is 2.44. The molecule has 0 aliphatic carbocycles. The van der Waals surface area contributed by atoms with Crippen molar-refractivity contribution in [2.45, 2.75) is 32.0 Å². The van der Waals surface area contributed by atoms with E-state index in [1.54, 1.807) is 6.92 Å². The van der Waals surface area contributed by atoms with Crippen LogP contribution in [-0.2, 0) is 11.2 Å². The van der Waals surface area contributed by atoms with E-state index < -0.39 is 0 Å². The van der Waals surface area contributed by atoms with Crippen molar-refractivity contribution in [1.29, 1.82) is 0 Å². The summed E-state index contributed by atoms with van der Waals surface area (Å²) >= 11 is 0. The van der Waals surface area contributed by atoms with Crippen LogP contribution in [0.2, 0.25) is 0 Å². The molecule has 0 saturated carbocycles. The standard InChI is InChI=1S/C19H19N3O4/c1-11-20-18(26-21-11)8-14-6-13-9-22(10-17(13)24-14)19(23)16-7-12-4-2-3-5-15(12)25-16/h2-5,7,13-14,17H,6,8-10H2,1H3/t13-,14-,17+/m0/s1. The number of amides is 1. The monoisotopic (exact) mass is 353 g/mol. The Bertz CT molecular complexity index is 916. The summed E-state index contributed by atoms with van der Waals surface area (Å²) in [5.41, 5.74) is 0.737. The largest absolute Gasteiger partial charge is 0.451 e. The topological polar surface area (TPSA) is 81.6 Å². The number of para-hydroxylation sites is 1. The van der Waals surface area contributed by atoms with E-state index in [0.29, 0.717) is 42.9 Å². The molecule has 2 aromatic heterocycles. The number of benzene rings is 1. The van der Waals surface area contributed by atoms with Gasteiger partial charge in [-0.1, -0.05) is 23.4 Å². The summed E-state index contributed by atoms with van der Waals surface area (Å²) < 4.78 is 17.0. The number of aryl methyl sites for hydroxylation is 1. The van der Waals surface area contributed by atoms with Crippen molar-refractivity contribution in [3.63, 3.8) is 0 Å². The van der Waals surface area contributed by atoms with E-state index in [9.17, 15) is 4.79 Å². The zero-order valence-electron chi connectivity index (χ0n) is 14.4. The molecule has 3 aromatic rings. The summed E-state index contributed by atoms with van der Waals surface area (Å²) in [5, 5.41) is 4.76. The molecule has 0 N–H and O–H groups in total. The fraction of sp³-hybridized carbons (Fsp3) is 0.421. The second kappa shape index (κ2) is 5.95. The Morgan fingerprint density at radius 3 is 2.96 bits per heavy atom. The zero-order chi connectivity index (χ0) is 17.7. The third-order valence-corrected chi connectivity index (χ3v) is 5.21. The van der Waals surface area contributed by atoms with Crippen molar-refractivity contribution in [2.24, 2.45) is 5.92 Å². The van der Waals surface area contributed by atoms with E-state index in [0.717, 1.165) is 17.4 Å². The van der Waals surface area contributed by atoms with E-state index in [2.05, 4.69) is 10.1 Å². The molecular formula is C19H19N3O4. The first-order valence-corrected chi connectivity index (χ1v) is 8.88. The lowest BCUT2D eigenvalue weighted by atomic mass is 10.0. The predicted molar refractivity (Wildman–Crippen MR) is 91.6 cm³/mol. The number of hydrogen-bond acceptors (Lipinski definition) is 6. The maximum Gasteiger partial charge on any atom is 0.289 e. The summed E-state index contributed by atoms with van der Waals surface area (Å²) in [5.74, 6) is 1.92. The third kappa shape index (κ3) is 2.68. The van der Waals surface area contributed by atoms with Gasteiger partial charge in [0.1, 0.15) is 5.58 Å². The van der Waals surface area contributed by atoms with Crippen LogP contribution in [0.25, 0.3) is 11.0 Å². The van der Waals surface area contributed by atoms with Gasteiger partial charge in [-0.15, -0.1) is 0 Å². The van der Waals surface area contributed by atoms with E-state index in [4.69, 9.17) is 13.7 Å². The SMILES string of the molecule is Cc1noc(C[C@@H]2C[C@H]3CN(C(=O)c4cc5ccccc5o4)C[C@H]3O2)n1. The minimum atomic E-state index is -0.0664. The molecule has 0 radical (unpaired) electrons. The molecule has 0 unspecified atom stereocenters. The summed E-state index contributed by atoms with van der Waals surface area (Å²) in [6, 6.07) is 9.47. The van der Waals surface area contributed by atoms with Gasteiger partial charge in [-0.2, -0.15) is 4.98 Å². The zero-order valence-corrected chi connectivity index (χ0v) is 14.4. The van der Waals surface area contributed by atoms with Crippen molar-refractivity contribution in [2.75, 3.05) is 13.1 Å². The van der Waals surface area contributed by atoms with Crippen LogP contribution in [0.1, 0.15) is 28.7 Å². The molecular weight excluding hydrogens is 334 g/mol. The molecule has 3 atom stereocenters. The molecule has 2 aliphatic rings. The van der Waals surface area contributed by atoms with Gasteiger partial charge in [0.15, 0.2) is 11.6 Å². The Morgan fingerprint density at radius 2 is 2.19 bits per heavy atom. The molecule has 0 spiro atoms. The fourth-order valence-corrected chi connectivity index (χ4v) is 4.02. The molecule has 134 valence electrons. The third-order valence-electron chi connectivity index (χ3n) is 5.21. The Balaban J connectivity index is 1.24. The van der Waals surface area contributed by atoms with Gasteiger partial charge >= 0.3 is 0 Å². The van der Waals surface area contributed by atoms with Crippen LogP contribution < -0.4 is 0 Å². The molecule has 7 heteroatoms. The molecule has 5 rings (SSSR count). The number of fused-ring (bicyclic) bond motifs is 2. The van der Waals surface area contributed by atoms with Crippen molar-refractivity contribution < 1.29 is 18.5 Å². The average molecular weight is 353 g/mol. The van der Waals surface area contributed by atoms with Gasteiger partial charge in [-0.3, -0.25) is 4.79 Å². The molecule has 2 aliphatic heterocycles. The predicted octanol–water partition coefficient (Wildman–Crippen LogP) is 2.60. The average Bonchev–Trinajstić information content (AvgIpc) is 3.36. The van der Waals surface area contributed by atoms with Crippen LogP contribution >= 0.6 is 0 Å². The molecule has 1 aromatic carbocycles. The highest BCUT2D eigenvalue weighted by atomic mass is 16.5. The Labute approximate surface area is 149 Å². The quantitative estimate of drug-likeness (QED) is 0.720. The summed E-state index contributed by atoms with van der Waals surface area (Å²) in [7, 11) is 0. The highest BCUT2D eigenvalue weighted by molar-refractivity contribution is 5.96. The summed E-state index contributed by atoms with van der Waals surface area (Å²) in [4.78, 5) is 18.8. The van der Waals surface area contributed by atoms with Crippen LogP contribution in [0.15, 0.2) is 39.3 Å². The second-order valence-corrected chi connectivity index (χ2v) is 7.09. The summed E-state index contributed by atoms with van der Waals surface area (Å²) in [6.45, 7) is 3.10. The van der Waals surface area contributed by atoms with E-state index in [-0.39, 0.29) is 18.1 Å². The van der Waals surface area contributed by atoms with Crippen LogP contribution in [0, 0.1) is 12.8 Å². The number of hydrogen-bond donors (Lipinski definition) is 0. The van der Waals surface area contributed by atoms with Gasteiger partial charge in [0.25, 0.3) is 5.91 Å². The Morgan fingerprint density at radius 1 is 1.31 bits per heavy atom. The molecule has 26 heavy (non-hydrogen) atoms. The lowest BCUT2D eigenvalue weighted by Gasteiger charge is -2.17. The van der Waals surface area contributed by atoms with Crippen LogP contribution in [0.5, 0.6) is 0 Å². The van der Waals surface area contributed by atoms with E-state index in [1.165, 1.54) is 0 Å². The van der Waals surface area contributed by atoms with Crippen molar-refractivity contribution in [1.82, 2.24) is 15.0 Å². The smallest absolute Gasteiger partial charge is 0.289 e. The summed E-state index contributed by atoms with van der Waals surface area (Å²) in [6.07, 6.45) is 1.67. The first kappa shape index (κ1) is 15.6. The number of furan rings is 1. The second-order valence-electron chi connectivity index (χ2n) is 7.09. The van der Waals surface area contributed by atoms with Gasteiger partial charge < -0.3 is 18.6 Å². The number of carbonyl (C=O) groups excluding carboxylic acids is 1. The molecule has 2 saturated heterocycles. The number of likely N-dealkylation sites (tertiary alicyclic amines) is 1. The van der Waals surface area contributed by atoms with Crippen molar-refractivity contribution in [3.05, 3.63) is 47.8 Å². The first-order valence-electron chi connectivity index (χ1n) is 8.88. The molecule has 4 heterocycles. The number of nitrogens with zero attached hydrogens (tertiary/aromatic N) is 3. The number of rotatable bonds is 3. The maximum absolute atomic E-state index is 12.8. The van der Waals surface area contributed by atoms with Crippen molar-refractivity contribution >= 4 is 16.9 Å². The Kier molecular flexibility index (Phi) is 3.56. The van der Waals surface area contributed by atoms with Gasteiger partial charge in [0.2, 0.25) is 5.89 Å². The fourth-order valence-electron chi connectivity index (χ4n) is 4.02. The van der Waals surface area contributed by atoms with E-state index >= 15 is 0 Å². The number of carbonyl (C=O) groups is 1. The Hall–Kier alpha value is -2.67. The lowest BCUT2D eigenvalue weighted by Crippen LogP contribution is -2.31. The van der Waals surface area contributed by atoms with E-state index in [1.807, 2.05) is 35.2 Å². The lowest BCUT2D eigenvalue weighted by molar-refractivity contribution is 0.0324. The molecule has 1 amide bonds. The number of aromatic nitrogens is 2. The van der Waals surface area contributed by atoms with Gasteiger partial charge in [0.05, 0.1) is 18.6 Å². The van der Waals surface area contributed by atoms with Gasteiger partial charge in [0, 0.05) is 24.4 Å². The minimum absolute atomic E-state index is 0.0664. The highest BCUT2D eigenvalue weighted by Crippen LogP contribution is 2.35. The van der Waals surface area contributed by atoms with Crippen LogP contribution in [-0.4, -0.2) is 46.2 Å².